The fourth-order valence-electron chi connectivity index (χ4n) is 3.92. The van der Waals surface area contributed by atoms with Crippen LogP contribution in [-0.4, -0.2) is 28.0 Å². The van der Waals surface area contributed by atoms with Crippen molar-refractivity contribution in [2.45, 2.75) is 62.8 Å². The van der Waals surface area contributed by atoms with E-state index < -0.39 is 0 Å². The number of aryl methyl sites for hydroxylation is 2. The maximum atomic E-state index is 13.4. The summed E-state index contributed by atoms with van der Waals surface area (Å²) in [5.41, 5.74) is 1.23. The van der Waals surface area contributed by atoms with Gasteiger partial charge in [0.1, 0.15) is 4.83 Å². The van der Waals surface area contributed by atoms with Crippen LogP contribution in [0.25, 0.3) is 10.2 Å². The standard InChI is InChI=1S/C20H22N4O2S2/c21-8-2-4-13(10-22)12-27-20-23-18-17(15-6-1-7-16(15)28-18)19(25)24(20)11-14-5-3-9-26-14/h13-14H,1-7,9,11-12H2/t13-,14-/m0/s1. The molecule has 2 aromatic heterocycles. The molecule has 0 bridgehead atoms. The van der Waals surface area contributed by atoms with E-state index in [0.29, 0.717) is 30.3 Å². The smallest absolute Gasteiger partial charge is 0.263 e. The second-order valence-electron chi connectivity index (χ2n) is 7.32. The summed E-state index contributed by atoms with van der Waals surface area (Å²) in [6.07, 6.45) is 6.06. The number of hydrogen-bond donors (Lipinski definition) is 0. The molecule has 0 N–H and O–H groups in total. The molecule has 0 saturated carbocycles. The van der Waals surface area contributed by atoms with Crippen LogP contribution in [0.4, 0.5) is 0 Å². The molecule has 1 saturated heterocycles. The van der Waals surface area contributed by atoms with Crippen LogP contribution >= 0.6 is 23.1 Å². The van der Waals surface area contributed by atoms with Crippen LogP contribution in [0, 0.1) is 28.6 Å². The Hall–Kier alpha value is -1.87. The summed E-state index contributed by atoms with van der Waals surface area (Å²) in [7, 11) is 0. The molecular formula is C20H22N4O2S2. The van der Waals surface area contributed by atoms with Gasteiger partial charge in [0.2, 0.25) is 0 Å². The molecule has 0 amide bonds. The number of fused-ring (bicyclic) bond motifs is 3. The molecule has 0 unspecified atom stereocenters. The van der Waals surface area contributed by atoms with E-state index in [4.69, 9.17) is 15.0 Å². The number of thiophene rings is 1. The SMILES string of the molecule is N#CCC[C@@H](C#N)CSc1nc2sc3c(c2c(=O)n1C[C@@H]1CCCO1)CCC3. The fraction of sp³-hybridized carbons (Fsp3) is 0.600. The molecule has 4 rings (SSSR count). The van der Waals surface area contributed by atoms with E-state index in [2.05, 4.69) is 12.1 Å². The Balaban J connectivity index is 1.68. The van der Waals surface area contributed by atoms with Gasteiger partial charge in [-0.1, -0.05) is 11.8 Å². The predicted molar refractivity (Wildman–Crippen MR) is 110 cm³/mol. The minimum atomic E-state index is -0.221. The molecule has 1 fully saturated rings. The summed E-state index contributed by atoms with van der Waals surface area (Å²) < 4.78 is 7.54. The number of hydrogen-bond acceptors (Lipinski definition) is 7. The van der Waals surface area contributed by atoms with Crippen molar-refractivity contribution in [3.05, 3.63) is 20.8 Å². The second-order valence-corrected chi connectivity index (χ2v) is 9.39. The number of ether oxygens (including phenoxy) is 1. The molecule has 146 valence electrons. The molecule has 1 aliphatic heterocycles. The minimum absolute atomic E-state index is 0.0351. The van der Waals surface area contributed by atoms with Crippen molar-refractivity contribution in [1.82, 2.24) is 9.55 Å². The van der Waals surface area contributed by atoms with Gasteiger partial charge in [0.15, 0.2) is 5.16 Å². The Kier molecular flexibility index (Phi) is 6.01. The van der Waals surface area contributed by atoms with Crippen LogP contribution in [0.2, 0.25) is 0 Å². The Morgan fingerprint density at radius 1 is 1.36 bits per heavy atom. The third kappa shape index (κ3) is 3.82. The first-order valence-electron chi connectivity index (χ1n) is 9.77. The Bertz CT molecular complexity index is 1010. The van der Waals surface area contributed by atoms with Crippen LogP contribution in [-0.2, 0) is 24.1 Å². The maximum absolute atomic E-state index is 13.4. The van der Waals surface area contributed by atoms with Gasteiger partial charge in [-0.05, 0) is 44.1 Å². The van der Waals surface area contributed by atoms with Crippen LogP contribution in [0.3, 0.4) is 0 Å². The summed E-state index contributed by atoms with van der Waals surface area (Å²) in [5, 5.41) is 19.6. The number of nitriles is 2. The van der Waals surface area contributed by atoms with Crippen molar-refractivity contribution in [1.29, 1.82) is 10.5 Å². The van der Waals surface area contributed by atoms with E-state index in [9.17, 15) is 10.1 Å². The van der Waals surface area contributed by atoms with Crippen molar-refractivity contribution in [3.8, 4) is 12.1 Å². The van der Waals surface area contributed by atoms with Crippen molar-refractivity contribution in [3.63, 3.8) is 0 Å². The van der Waals surface area contributed by atoms with Crippen LogP contribution in [0.15, 0.2) is 9.95 Å². The third-order valence-electron chi connectivity index (χ3n) is 5.40. The van der Waals surface area contributed by atoms with Gasteiger partial charge in [0.25, 0.3) is 5.56 Å². The van der Waals surface area contributed by atoms with Crippen molar-refractivity contribution >= 4 is 33.3 Å². The lowest BCUT2D eigenvalue weighted by Gasteiger charge is -2.16. The molecule has 8 heteroatoms. The highest BCUT2D eigenvalue weighted by Crippen LogP contribution is 2.36. The van der Waals surface area contributed by atoms with Gasteiger partial charge in [0.05, 0.1) is 36.1 Å². The molecule has 3 heterocycles. The number of rotatable bonds is 7. The van der Waals surface area contributed by atoms with Crippen LogP contribution in [0.1, 0.15) is 42.5 Å². The first-order valence-corrected chi connectivity index (χ1v) is 11.6. The van der Waals surface area contributed by atoms with E-state index in [-0.39, 0.29) is 17.6 Å². The van der Waals surface area contributed by atoms with E-state index in [1.807, 2.05) is 0 Å². The normalized spacial score (nSPS) is 19.4. The highest BCUT2D eigenvalue weighted by Gasteiger charge is 2.25. The lowest BCUT2D eigenvalue weighted by molar-refractivity contribution is 0.0937. The Labute approximate surface area is 172 Å². The molecule has 0 spiro atoms. The third-order valence-corrected chi connectivity index (χ3v) is 7.73. The molecule has 0 radical (unpaired) electrons. The monoisotopic (exact) mass is 414 g/mol. The lowest BCUT2D eigenvalue weighted by Crippen LogP contribution is -2.29. The molecule has 2 aliphatic rings. The lowest BCUT2D eigenvalue weighted by atomic mass is 10.1. The average Bonchev–Trinajstić information content (AvgIpc) is 3.42. The Morgan fingerprint density at radius 3 is 3.00 bits per heavy atom. The highest BCUT2D eigenvalue weighted by atomic mass is 32.2. The quantitative estimate of drug-likeness (QED) is 0.507. The largest absolute Gasteiger partial charge is 0.376 e. The van der Waals surface area contributed by atoms with E-state index in [1.165, 1.54) is 22.2 Å². The van der Waals surface area contributed by atoms with Gasteiger partial charge in [-0.25, -0.2) is 4.98 Å². The summed E-state index contributed by atoms with van der Waals surface area (Å²) >= 11 is 3.10. The zero-order valence-corrected chi connectivity index (χ0v) is 17.3. The predicted octanol–water partition coefficient (Wildman–Crippen LogP) is 3.66. The summed E-state index contributed by atoms with van der Waals surface area (Å²) in [6, 6.07) is 4.37. The first kappa shape index (κ1) is 19.4. The van der Waals surface area contributed by atoms with E-state index >= 15 is 0 Å². The number of thioether (sulfide) groups is 1. The topological polar surface area (TPSA) is 91.7 Å². The molecule has 1 aliphatic carbocycles. The van der Waals surface area contributed by atoms with Crippen molar-refractivity contribution in [2.24, 2.45) is 5.92 Å². The molecule has 2 atom stereocenters. The molecular weight excluding hydrogens is 392 g/mol. The van der Waals surface area contributed by atoms with Gasteiger partial charge in [-0.2, -0.15) is 10.5 Å². The summed E-state index contributed by atoms with van der Waals surface area (Å²) in [5.74, 6) is 0.314. The average molecular weight is 415 g/mol. The molecule has 28 heavy (non-hydrogen) atoms. The summed E-state index contributed by atoms with van der Waals surface area (Å²) in [4.78, 5) is 20.4. The fourth-order valence-corrected chi connectivity index (χ4v) is 6.29. The zero-order valence-electron chi connectivity index (χ0n) is 15.6. The number of aromatic nitrogens is 2. The van der Waals surface area contributed by atoms with Gasteiger partial charge >= 0.3 is 0 Å². The number of nitrogens with zero attached hydrogens (tertiary/aromatic N) is 4. The van der Waals surface area contributed by atoms with Crippen molar-refractivity contribution < 1.29 is 4.74 Å². The minimum Gasteiger partial charge on any atom is -0.376 e. The second kappa shape index (κ2) is 8.65. The highest BCUT2D eigenvalue weighted by molar-refractivity contribution is 7.99. The van der Waals surface area contributed by atoms with Crippen LogP contribution in [0.5, 0.6) is 0 Å². The maximum Gasteiger partial charge on any atom is 0.263 e. The molecule has 2 aromatic rings. The van der Waals surface area contributed by atoms with Crippen LogP contribution < -0.4 is 5.56 Å². The van der Waals surface area contributed by atoms with E-state index in [0.717, 1.165) is 48.9 Å². The van der Waals surface area contributed by atoms with Gasteiger partial charge in [0, 0.05) is 23.7 Å². The van der Waals surface area contributed by atoms with Gasteiger partial charge in [-0.15, -0.1) is 11.3 Å². The summed E-state index contributed by atoms with van der Waals surface area (Å²) in [6.45, 7) is 1.26. The van der Waals surface area contributed by atoms with Gasteiger partial charge < -0.3 is 4.74 Å². The Morgan fingerprint density at radius 2 is 2.25 bits per heavy atom. The zero-order chi connectivity index (χ0) is 19.5. The molecule has 6 nitrogen and oxygen atoms in total. The molecule has 0 aromatic carbocycles. The van der Waals surface area contributed by atoms with Crippen molar-refractivity contribution in [2.75, 3.05) is 12.4 Å². The first-order chi connectivity index (χ1) is 13.7. The van der Waals surface area contributed by atoms with E-state index in [1.54, 1.807) is 15.9 Å². The van der Waals surface area contributed by atoms with Gasteiger partial charge in [-0.3, -0.25) is 9.36 Å².